The molecule has 0 bridgehead atoms. The molecule has 2 aromatic carbocycles. The van der Waals surface area contributed by atoms with Gasteiger partial charge in [0, 0.05) is 0 Å². The van der Waals surface area contributed by atoms with E-state index >= 15 is 0 Å². The van der Waals surface area contributed by atoms with Crippen molar-refractivity contribution in [1.29, 1.82) is 0 Å². The van der Waals surface area contributed by atoms with Gasteiger partial charge in [-0.25, -0.2) is 0 Å². The van der Waals surface area contributed by atoms with E-state index in [1.807, 2.05) is 42.5 Å². The summed E-state index contributed by atoms with van der Waals surface area (Å²) in [6.45, 7) is 0. The van der Waals surface area contributed by atoms with Gasteiger partial charge in [-0.15, -0.1) is 11.6 Å². The monoisotopic (exact) mass is 284 g/mol. The summed E-state index contributed by atoms with van der Waals surface area (Å²) in [7, 11) is 0. The van der Waals surface area contributed by atoms with Crippen LogP contribution in [0.15, 0.2) is 48.5 Å². The van der Waals surface area contributed by atoms with Gasteiger partial charge in [-0.05, 0) is 23.6 Å². The minimum atomic E-state index is -0.163. The number of hydrogen-bond donors (Lipinski definition) is 0. The first kappa shape index (κ1) is 12.8. The van der Waals surface area contributed by atoms with E-state index in [1.165, 1.54) is 5.56 Å². The zero-order valence-electron chi connectivity index (χ0n) is 9.04. The smallest absolute Gasteiger partial charge is 0.0640 e. The molecule has 0 aliphatic carbocycles. The molecule has 1 atom stereocenters. The lowest BCUT2D eigenvalue weighted by molar-refractivity contribution is 0.920. The van der Waals surface area contributed by atoms with Crippen molar-refractivity contribution in [3.8, 4) is 0 Å². The van der Waals surface area contributed by atoms with Crippen LogP contribution in [0.4, 0.5) is 0 Å². The van der Waals surface area contributed by atoms with Gasteiger partial charge in [0.15, 0.2) is 0 Å². The van der Waals surface area contributed by atoms with Gasteiger partial charge in [-0.1, -0.05) is 65.7 Å². The van der Waals surface area contributed by atoms with Crippen LogP contribution in [0.2, 0.25) is 10.0 Å². The molecule has 0 radical (unpaired) electrons. The predicted molar refractivity (Wildman–Crippen MR) is 75.2 cm³/mol. The van der Waals surface area contributed by atoms with Crippen molar-refractivity contribution in [2.75, 3.05) is 0 Å². The van der Waals surface area contributed by atoms with Crippen molar-refractivity contribution in [2.24, 2.45) is 0 Å². The summed E-state index contributed by atoms with van der Waals surface area (Å²) >= 11 is 18.5. The molecule has 0 amide bonds. The van der Waals surface area contributed by atoms with E-state index in [4.69, 9.17) is 34.8 Å². The van der Waals surface area contributed by atoms with Crippen molar-refractivity contribution in [3.63, 3.8) is 0 Å². The fourth-order valence-corrected chi connectivity index (χ4v) is 2.55. The molecular formula is C14H11Cl3. The van der Waals surface area contributed by atoms with Crippen LogP contribution in [0.3, 0.4) is 0 Å². The molecule has 0 aromatic heterocycles. The van der Waals surface area contributed by atoms with E-state index < -0.39 is 0 Å². The van der Waals surface area contributed by atoms with Gasteiger partial charge in [0.2, 0.25) is 0 Å². The summed E-state index contributed by atoms with van der Waals surface area (Å²) in [6, 6.07) is 15.6. The van der Waals surface area contributed by atoms with Crippen LogP contribution in [-0.4, -0.2) is 0 Å². The molecule has 1 unspecified atom stereocenters. The Bertz CT molecular complexity index is 494. The van der Waals surface area contributed by atoms with Crippen LogP contribution in [0.5, 0.6) is 0 Å². The number of rotatable bonds is 3. The van der Waals surface area contributed by atoms with Crippen LogP contribution in [0.1, 0.15) is 16.5 Å². The Morgan fingerprint density at radius 2 is 1.59 bits per heavy atom. The van der Waals surface area contributed by atoms with E-state index in [2.05, 4.69) is 0 Å². The lowest BCUT2D eigenvalue weighted by atomic mass is 10.0. The fraction of sp³-hybridized carbons (Fsp3) is 0.143. The number of benzene rings is 2. The van der Waals surface area contributed by atoms with Crippen molar-refractivity contribution in [1.82, 2.24) is 0 Å². The maximum absolute atomic E-state index is 6.37. The van der Waals surface area contributed by atoms with Crippen molar-refractivity contribution < 1.29 is 0 Å². The molecule has 2 rings (SSSR count). The first-order valence-corrected chi connectivity index (χ1v) is 6.49. The molecule has 0 saturated heterocycles. The molecule has 0 spiro atoms. The Morgan fingerprint density at radius 3 is 2.29 bits per heavy atom. The minimum Gasteiger partial charge on any atom is -0.117 e. The molecule has 0 nitrogen and oxygen atoms in total. The summed E-state index contributed by atoms with van der Waals surface area (Å²) in [6.07, 6.45) is 0.739. The maximum Gasteiger partial charge on any atom is 0.0640 e. The topological polar surface area (TPSA) is 0 Å². The third-order valence-electron chi connectivity index (χ3n) is 2.58. The van der Waals surface area contributed by atoms with Gasteiger partial charge in [-0.2, -0.15) is 0 Å². The van der Waals surface area contributed by atoms with Gasteiger partial charge in [-0.3, -0.25) is 0 Å². The molecular weight excluding hydrogens is 275 g/mol. The molecule has 0 aliphatic rings. The summed E-state index contributed by atoms with van der Waals surface area (Å²) in [4.78, 5) is 0. The van der Waals surface area contributed by atoms with Gasteiger partial charge in [0.05, 0.1) is 15.4 Å². The number of alkyl halides is 1. The summed E-state index contributed by atoms with van der Waals surface area (Å²) < 4.78 is 0. The van der Waals surface area contributed by atoms with Crippen molar-refractivity contribution in [2.45, 2.75) is 11.8 Å². The van der Waals surface area contributed by atoms with Gasteiger partial charge in [0.25, 0.3) is 0 Å². The molecule has 0 saturated carbocycles. The van der Waals surface area contributed by atoms with E-state index in [-0.39, 0.29) is 5.38 Å². The van der Waals surface area contributed by atoms with E-state index in [0.29, 0.717) is 10.0 Å². The van der Waals surface area contributed by atoms with Gasteiger partial charge < -0.3 is 0 Å². The lowest BCUT2D eigenvalue weighted by Crippen LogP contribution is -1.97. The van der Waals surface area contributed by atoms with Crippen LogP contribution < -0.4 is 0 Å². The highest BCUT2D eigenvalue weighted by molar-refractivity contribution is 6.43. The third-order valence-corrected chi connectivity index (χ3v) is 3.80. The molecule has 88 valence electrons. The van der Waals surface area contributed by atoms with Gasteiger partial charge in [0.1, 0.15) is 0 Å². The lowest BCUT2D eigenvalue weighted by Gasteiger charge is -2.12. The highest BCUT2D eigenvalue weighted by Crippen LogP contribution is 2.34. The molecule has 17 heavy (non-hydrogen) atoms. The summed E-state index contributed by atoms with van der Waals surface area (Å²) in [5.74, 6) is 0. The Morgan fingerprint density at radius 1 is 0.882 bits per heavy atom. The van der Waals surface area contributed by atoms with Crippen molar-refractivity contribution in [3.05, 3.63) is 69.7 Å². The number of hydrogen-bond acceptors (Lipinski definition) is 0. The highest BCUT2D eigenvalue weighted by atomic mass is 35.5. The van der Waals surface area contributed by atoms with E-state index in [0.717, 1.165) is 12.0 Å². The van der Waals surface area contributed by atoms with Crippen LogP contribution >= 0.6 is 34.8 Å². The van der Waals surface area contributed by atoms with E-state index in [9.17, 15) is 0 Å². The second-order valence-electron chi connectivity index (χ2n) is 3.80. The zero-order chi connectivity index (χ0) is 12.3. The third kappa shape index (κ3) is 3.16. The summed E-state index contributed by atoms with van der Waals surface area (Å²) in [5.41, 5.74) is 2.06. The minimum absolute atomic E-state index is 0.163. The SMILES string of the molecule is Clc1cccc(C(Cl)Cc2ccccc2)c1Cl. The van der Waals surface area contributed by atoms with Gasteiger partial charge >= 0.3 is 0 Å². The second-order valence-corrected chi connectivity index (χ2v) is 5.11. The Kier molecular flexibility index (Phi) is 4.33. The predicted octanol–water partition coefficient (Wildman–Crippen LogP) is 5.52. The average molecular weight is 286 g/mol. The van der Waals surface area contributed by atoms with Crippen LogP contribution in [0.25, 0.3) is 0 Å². The molecule has 0 fully saturated rings. The molecule has 2 aromatic rings. The van der Waals surface area contributed by atoms with Crippen LogP contribution in [-0.2, 0) is 6.42 Å². The normalized spacial score (nSPS) is 12.4. The Hall–Kier alpha value is -0.690. The quantitative estimate of drug-likeness (QED) is 0.652. The Balaban J connectivity index is 2.20. The number of halogens is 3. The zero-order valence-corrected chi connectivity index (χ0v) is 11.3. The van der Waals surface area contributed by atoms with E-state index in [1.54, 1.807) is 6.07 Å². The average Bonchev–Trinajstić information content (AvgIpc) is 2.34. The largest absolute Gasteiger partial charge is 0.117 e. The molecule has 0 N–H and O–H groups in total. The molecule has 0 heterocycles. The van der Waals surface area contributed by atoms with Crippen LogP contribution in [0, 0.1) is 0 Å². The second kappa shape index (κ2) is 5.77. The summed E-state index contributed by atoms with van der Waals surface area (Å²) in [5, 5.41) is 0.927. The first-order chi connectivity index (χ1) is 8.18. The first-order valence-electron chi connectivity index (χ1n) is 5.30. The fourth-order valence-electron chi connectivity index (χ4n) is 1.69. The Labute approximate surface area is 116 Å². The van der Waals surface area contributed by atoms with Crippen molar-refractivity contribution >= 4 is 34.8 Å². The highest BCUT2D eigenvalue weighted by Gasteiger charge is 2.14. The molecule has 3 heteroatoms. The standard InChI is InChI=1S/C14H11Cl3/c15-12-8-4-7-11(14(12)17)13(16)9-10-5-2-1-3-6-10/h1-8,13H,9H2. The maximum atomic E-state index is 6.37. The molecule has 0 aliphatic heterocycles.